The third kappa shape index (κ3) is 6.15. The Labute approximate surface area is 201 Å². The van der Waals surface area contributed by atoms with Gasteiger partial charge in [0.1, 0.15) is 0 Å². The average molecular weight is 485 g/mol. The number of carbonyl (C=O) groups is 1. The van der Waals surface area contributed by atoms with Crippen LogP contribution in [-0.2, 0) is 15.4 Å². The van der Waals surface area contributed by atoms with Crippen molar-refractivity contribution in [3.8, 4) is 0 Å². The number of hydrogen-bond acceptors (Lipinski definition) is 3. The van der Waals surface area contributed by atoms with Crippen molar-refractivity contribution in [1.82, 2.24) is 5.32 Å². The van der Waals surface area contributed by atoms with Crippen molar-refractivity contribution < 1.29 is 13.2 Å². The van der Waals surface area contributed by atoms with Crippen molar-refractivity contribution >= 4 is 33.2 Å². The van der Waals surface area contributed by atoms with Crippen LogP contribution in [0.2, 0.25) is 5.02 Å². The van der Waals surface area contributed by atoms with Crippen molar-refractivity contribution in [1.29, 1.82) is 0 Å². The van der Waals surface area contributed by atoms with Crippen LogP contribution in [0.25, 0.3) is 0 Å². The smallest absolute Gasteiger partial charge is 0.261 e. The summed E-state index contributed by atoms with van der Waals surface area (Å²) in [5.41, 5.74) is 3.77. The van der Waals surface area contributed by atoms with Crippen LogP contribution < -0.4 is 10.0 Å². The molecule has 0 spiro atoms. The summed E-state index contributed by atoms with van der Waals surface area (Å²) in [7, 11) is -3.76. The van der Waals surface area contributed by atoms with Crippen LogP contribution in [0, 0.1) is 6.92 Å². The molecule has 3 rings (SSSR count). The van der Waals surface area contributed by atoms with Gasteiger partial charge in [-0.15, -0.1) is 0 Å². The second kappa shape index (κ2) is 9.57. The van der Waals surface area contributed by atoms with E-state index in [2.05, 4.69) is 42.9 Å². The molecule has 0 aromatic heterocycles. The summed E-state index contributed by atoms with van der Waals surface area (Å²) in [5, 5.41) is 3.11. The third-order valence-electron chi connectivity index (χ3n) is 5.42. The van der Waals surface area contributed by atoms with E-state index < -0.39 is 10.0 Å². The van der Waals surface area contributed by atoms with Crippen molar-refractivity contribution in [3.63, 3.8) is 0 Å². The van der Waals surface area contributed by atoms with Gasteiger partial charge in [-0.05, 0) is 60.7 Å². The van der Waals surface area contributed by atoms with Crippen LogP contribution in [0.3, 0.4) is 0 Å². The lowest BCUT2D eigenvalue weighted by Gasteiger charge is -2.21. The monoisotopic (exact) mass is 484 g/mol. The first-order valence-electron chi connectivity index (χ1n) is 10.7. The van der Waals surface area contributed by atoms with Gasteiger partial charge in [0.05, 0.1) is 27.2 Å². The summed E-state index contributed by atoms with van der Waals surface area (Å²) in [6, 6.07) is 18.9. The minimum atomic E-state index is -3.76. The Hall–Kier alpha value is -2.83. The summed E-state index contributed by atoms with van der Waals surface area (Å²) in [5.74, 6) is -0.333. The summed E-state index contributed by atoms with van der Waals surface area (Å²) in [6.45, 7) is 10.2. The molecule has 1 amide bonds. The van der Waals surface area contributed by atoms with E-state index in [0.29, 0.717) is 0 Å². The first-order valence-corrected chi connectivity index (χ1v) is 12.5. The van der Waals surface area contributed by atoms with Gasteiger partial charge in [-0.25, -0.2) is 8.42 Å². The second-order valence-electron chi connectivity index (χ2n) is 9.18. The lowest BCUT2D eigenvalue weighted by molar-refractivity contribution is 0.0940. The number of carbonyl (C=O) groups excluding carboxylic acids is 1. The first-order chi connectivity index (χ1) is 15.4. The van der Waals surface area contributed by atoms with E-state index in [1.807, 2.05) is 26.0 Å². The maximum atomic E-state index is 12.8. The maximum absolute atomic E-state index is 12.8. The Balaban J connectivity index is 1.71. The molecule has 0 aliphatic heterocycles. The van der Waals surface area contributed by atoms with Gasteiger partial charge >= 0.3 is 0 Å². The quantitative estimate of drug-likeness (QED) is 0.435. The van der Waals surface area contributed by atoms with Crippen LogP contribution in [0.15, 0.2) is 71.6 Å². The zero-order chi connectivity index (χ0) is 24.4. The number of benzene rings is 3. The molecule has 0 unspecified atom stereocenters. The van der Waals surface area contributed by atoms with Crippen LogP contribution in [-0.4, -0.2) is 14.3 Å². The van der Waals surface area contributed by atoms with E-state index in [1.54, 1.807) is 12.1 Å². The van der Waals surface area contributed by atoms with E-state index in [0.717, 1.165) is 11.1 Å². The number of sulfonamides is 1. The lowest BCUT2D eigenvalue weighted by Crippen LogP contribution is -2.27. The maximum Gasteiger partial charge on any atom is 0.261 e. The molecule has 0 saturated heterocycles. The molecule has 0 saturated carbocycles. The summed E-state index contributed by atoms with van der Waals surface area (Å²) < 4.78 is 27.7. The zero-order valence-corrected chi connectivity index (χ0v) is 21.0. The molecule has 3 aromatic rings. The van der Waals surface area contributed by atoms with E-state index in [9.17, 15) is 13.2 Å². The SMILES string of the molecule is Cc1ccc(S(=O)(=O)Nc2ccc(C(=O)N[C@H](C)c3ccc(C(C)(C)C)cc3)c(Cl)c2)cc1. The fourth-order valence-corrected chi connectivity index (χ4v) is 4.64. The number of anilines is 1. The predicted molar refractivity (Wildman–Crippen MR) is 134 cm³/mol. The van der Waals surface area contributed by atoms with Crippen molar-refractivity contribution in [3.05, 3.63) is 94.0 Å². The zero-order valence-electron chi connectivity index (χ0n) is 19.4. The minimum absolute atomic E-state index is 0.0568. The molecule has 33 heavy (non-hydrogen) atoms. The predicted octanol–water partition coefficient (Wildman–Crippen LogP) is 6.24. The van der Waals surface area contributed by atoms with Gasteiger partial charge in [0.25, 0.3) is 15.9 Å². The van der Waals surface area contributed by atoms with Crippen LogP contribution in [0.4, 0.5) is 5.69 Å². The fraction of sp³-hybridized carbons (Fsp3) is 0.269. The molecular formula is C26H29ClN2O3S. The van der Waals surface area contributed by atoms with Crippen LogP contribution in [0.1, 0.15) is 60.8 Å². The number of aryl methyl sites for hydroxylation is 1. The Morgan fingerprint density at radius 2 is 1.55 bits per heavy atom. The number of nitrogens with one attached hydrogen (secondary N) is 2. The molecule has 2 N–H and O–H groups in total. The number of hydrogen-bond donors (Lipinski definition) is 2. The minimum Gasteiger partial charge on any atom is -0.345 e. The summed E-state index contributed by atoms with van der Waals surface area (Å²) in [6.07, 6.45) is 0. The van der Waals surface area contributed by atoms with Crippen LogP contribution in [0.5, 0.6) is 0 Å². The molecule has 7 heteroatoms. The van der Waals surface area contributed by atoms with Gasteiger partial charge < -0.3 is 5.32 Å². The van der Waals surface area contributed by atoms with E-state index in [1.165, 1.54) is 35.9 Å². The molecule has 3 aromatic carbocycles. The second-order valence-corrected chi connectivity index (χ2v) is 11.3. The van der Waals surface area contributed by atoms with E-state index in [-0.39, 0.29) is 38.5 Å². The van der Waals surface area contributed by atoms with Gasteiger partial charge in [0, 0.05) is 0 Å². The molecule has 0 radical (unpaired) electrons. The highest BCUT2D eigenvalue weighted by atomic mass is 35.5. The van der Waals surface area contributed by atoms with E-state index in [4.69, 9.17) is 11.6 Å². The van der Waals surface area contributed by atoms with Gasteiger partial charge in [-0.3, -0.25) is 9.52 Å². The number of halogens is 1. The van der Waals surface area contributed by atoms with Gasteiger partial charge in [-0.1, -0.05) is 74.3 Å². The molecule has 0 aliphatic carbocycles. The highest BCUT2D eigenvalue weighted by molar-refractivity contribution is 7.92. The Kier molecular flexibility index (Phi) is 7.20. The summed E-state index contributed by atoms with van der Waals surface area (Å²) >= 11 is 6.32. The topological polar surface area (TPSA) is 75.3 Å². The van der Waals surface area contributed by atoms with Crippen LogP contribution >= 0.6 is 11.6 Å². The molecule has 1 atom stereocenters. The molecule has 5 nitrogen and oxygen atoms in total. The molecule has 0 bridgehead atoms. The highest BCUT2D eigenvalue weighted by Gasteiger charge is 2.19. The standard InChI is InChI=1S/C26H29ClN2O3S/c1-17-6-13-22(14-7-17)33(31,32)29-21-12-15-23(24(27)16-21)25(30)28-18(2)19-8-10-20(11-9-19)26(3,4)5/h6-16,18,29H,1-5H3,(H,28,30)/t18-/m1/s1. The molecule has 0 aliphatic rings. The van der Waals surface area contributed by atoms with Gasteiger partial charge in [0.2, 0.25) is 0 Å². The van der Waals surface area contributed by atoms with Crippen molar-refractivity contribution in [2.75, 3.05) is 4.72 Å². The largest absolute Gasteiger partial charge is 0.345 e. The fourth-order valence-electron chi connectivity index (χ4n) is 3.32. The lowest BCUT2D eigenvalue weighted by atomic mass is 9.86. The first kappa shape index (κ1) is 24.8. The summed E-state index contributed by atoms with van der Waals surface area (Å²) in [4.78, 5) is 12.9. The Bertz CT molecular complexity index is 1250. The third-order valence-corrected chi connectivity index (χ3v) is 7.13. The molecule has 0 fully saturated rings. The number of amides is 1. The Morgan fingerprint density at radius 3 is 2.09 bits per heavy atom. The van der Waals surface area contributed by atoms with Gasteiger partial charge in [0.15, 0.2) is 0 Å². The molecule has 174 valence electrons. The average Bonchev–Trinajstić information content (AvgIpc) is 2.73. The molecule has 0 heterocycles. The number of rotatable bonds is 6. The van der Waals surface area contributed by atoms with Crippen molar-refractivity contribution in [2.24, 2.45) is 0 Å². The molecular weight excluding hydrogens is 456 g/mol. The van der Waals surface area contributed by atoms with Crippen molar-refractivity contribution in [2.45, 2.75) is 51.0 Å². The Morgan fingerprint density at radius 1 is 0.939 bits per heavy atom. The highest BCUT2D eigenvalue weighted by Crippen LogP contribution is 2.26. The normalized spacial score (nSPS) is 12.8. The van der Waals surface area contributed by atoms with E-state index >= 15 is 0 Å². The van der Waals surface area contributed by atoms with Gasteiger partial charge in [-0.2, -0.15) is 0 Å².